The highest BCUT2D eigenvalue weighted by Crippen LogP contribution is 2.51. The number of rotatable bonds is 3. The van der Waals surface area contributed by atoms with Gasteiger partial charge in [0.05, 0.1) is 11.1 Å². The summed E-state index contributed by atoms with van der Waals surface area (Å²) >= 11 is 0. The van der Waals surface area contributed by atoms with E-state index in [0.29, 0.717) is 11.1 Å². The lowest BCUT2D eigenvalue weighted by atomic mass is 9.96. The number of aromatic hydroxyl groups is 6. The molecule has 0 radical (unpaired) electrons. The van der Waals surface area contributed by atoms with E-state index in [0.717, 1.165) is 24.3 Å². The fourth-order valence-electron chi connectivity index (χ4n) is 4.61. The Hall–Kier alpha value is -5.90. The molecule has 0 amide bonds. The number of fused-ring (bicyclic) bond motifs is 2. The molecule has 4 aromatic carbocycles. The van der Waals surface area contributed by atoms with Gasteiger partial charge in [-0.15, -0.1) is 0 Å². The maximum atomic E-state index is 13.0. The van der Waals surface area contributed by atoms with Crippen molar-refractivity contribution in [1.82, 2.24) is 0 Å². The predicted octanol–water partition coefficient (Wildman–Crippen LogP) is 5.13. The number of hydrogen-bond donors (Lipinski definition) is 6. The number of hydrogen-bond acceptors (Lipinski definition) is 10. The lowest BCUT2D eigenvalue weighted by Crippen LogP contribution is -2.03. The Balaban J connectivity index is 1.56. The van der Waals surface area contributed by atoms with Crippen molar-refractivity contribution in [3.63, 3.8) is 0 Å². The van der Waals surface area contributed by atoms with E-state index in [-0.39, 0.29) is 45.0 Å². The van der Waals surface area contributed by atoms with Crippen molar-refractivity contribution in [2.75, 3.05) is 0 Å². The largest absolute Gasteiger partial charge is 0.508 e. The Bertz CT molecular complexity index is 1930. The molecule has 0 fully saturated rings. The van der Waals surface area contributed by atoms with Gasteiger partial charge in [0.1, 0.15) is 68.0 Å². The molecule has 6 N–H and O–H groups in total. The van der Waals surface area contributed by atoms with E-state index in [1.54, 1.807) is 0 Å². The molecule has 0 spiro atoms. The van der Waals surface area contributed by atoms with Gasteiger partial charge < -0.3 is 39.5 Å². The first-order chi connectivity index (χ1) is 19.1. The van der Waals surface area contributed by atoms with Crippen molar-refractivity contribution >= 4 is 21.9 Å². The van der Waals surface area contributed by atoms with Crippen LogP contribution in [-0.2, 0) is 0 Å². The fourth-order valence-corrected chi connectivity index (χ4v) is 4.61. The molecule has 10 heteroatoms. The molecule has 0 atom stereocenters. The highest BCUT2D eigenvalue weighted by Gasteiger charge is 2.27. The SMILES string of the molecule is O=c1cc(-c2ccc(O)cc2)oc2cc(O)c(-c3c(O)cc4oc(-c5ccc(O)cc5)cc(=O)c4c3O)c(O)c12. The van der Waals surface area contributed by atoms with Gasteiger partial charge in [-0.25, -0.2) is 0 Å². The number of phenolic OH excluding ortho intramolecular Hbond substituents is 6. The molecule has 10 nitrogen and oxygen atoms in total. The summed E-state index contributed by atoms with van der Waals surface area (Å²) < 4.78 is 11.5. The van der Waals surface area contributed by atoms with E-state index in [2.05, 4.69) is 0 Å². The Morgan fingerprint density at radius 1 is 0.475 bits per heavy atom. The summed E-state index contributed by atoms with van der Waals surface area (Å²) in [6.07, 6.45) is 0. The molecule has 0 aliphatic heterocycles. The van der Waals surface area contributed by atoms with Crippen LogP contribution < -0.4 is 10.9 Å². The Morgan fingerprint density at radius 3 is 1.18 bits per heavy atom. The fraction of sp³-hybridized carbons (Fsp3) is 0. The molecule has 2 aromatic heterocycles. The maximum absolute atomic E-state index is 13.0. The Morgan fingerprint density at radius 2 is 0.825 bits per heavy atom. The molecule has 0 saturated heterocycles. The summed E-state index contributed by atoms with van der Waals surface area (Å²) in [6, 6.07) is 15.9. The molecule has 6 aromatic rings. The van der Waals surface area contributed by atoms with Crippen LogP contribution in [0.15, 0.2) is 91.2 Å². The van der Waals surface area contributed by atoms with Crippen LogP contribution in [0, 0.1) is 0 Å². The van der Waals surface area contributed by atoms with Gasteiger partial charge in [-0.3, -0.25) is 9.59 Å². The van der Waals surface area contributed by atoms with Crippen LogP contribution in [0.1, 0.15) is 0 Å². The summed E-state index contributed by atoms with van der Waals surface area (Å²) in [6.45, 7) is 0. The summed E-state index contributed by atoms with van der Waals surface area (Å²) in [5, 5.41) is 62.2. The van der Waals surface area contributed by atoms with E-state index in [1.165, 1.54) is 48.5 Å². The minimum absolute atomic E-state index is 0.00688. The van der Waals surface area contributed by atoms with Gasteiger partial charge in [0.2, 0.25) is 0 Å². The smallest absolute Gasteiger partial charge is 0.197 e. The first kappa shape index (κ1) is 24.4. The first-order valence-corrected chi connectivity index (χ1v) is 11.8. The number of phenols is 6. The van der Waals surface area contributed by atoms with Gasteiger partial charge in [0.25, 0.3) is 0 Å². The molecule has 6 rings (SSSR count). The first-order valence-electron chi connectivity index (χ1n) is 11.8. The van der Waals surface area contributed by atoms with Crippen LogP contribution >= 0.6 is 0 Å². The quantitative estimate of drug-likeness (QED) is 0.177. The molecule has 0 aliphatic carbocycles. The molecular weight excluding hydrogens is 520 g/mol. The van der Waals surface area contributed by atoms with Gasteiger partial charge >= 0.3 is 0 Å². The van der Waals surface area contributed by atoms with Gasteiger partial charge in [0.15, 0.2) is 10.9 Å². The van der Waals surface area contributed by atoms with Gasteiger partial charge in [-0.05, 0) is 48.5 Å². The van der Waals surface area contributed by atoms with Crippen molar-refractivity contribution in [3.8, 4) is 68.3 Å². The minimum Gasteiger partial charge on any atom is -0.508 e. The van der Waals surface area contributed by atoms with Gasteiger partial charge in [0, 0.05) is 35.4 Å². The van der Waals surface area contributed by atoms with E-state index in [9.17, 15) is 40.2 Å². The van der Waals surface area contributed by atoms with Crippen LogP contribution in [0.2, 0.25) is 0 Å². The molecular formula is C30H18O10. The zero-order valence-electron chi connectivity index (χ0n) is 20.2. The van der Waals surface area contributed by atoms with Crippen molar-refractivity contribution < 1.29 is 39.5 Å². The average molecular weight is 538 g/mol. The Labute approximate surface area is 223 Å². The third kappa shape index (κ3) is 3.82. The second kappa shape index (κ2) is 8.84. The monoisotopic (exact) mass is 538 g/mol. The molecule has 198 valence electrons. The summed E-state index contributed by atoms with van der Waals surface area (Å²) in [7, 11) is 0. The van der Waals surface area contributed by atoms with Gasteiger partial charge in [-0.2, -0.15) is 0 Å². The summed E-state index contributed by atoms with van der Waals surface area (Å²) in [5.74, 6) is -2.70. The standard InChI is InChI=1S/C30H18O10/c31-15-5-1-13(2-6-15)21-9-17(33)25-23(39-21)11-19(35)27(29(25)37)28-20(36)12-24-26(30(28)38)18(34)10-22(40-24)14-3-7-16(32)8-4-14/h1-12,31-32,35-38H. The minimum atomic E-state index is -0.795. The summed E-state index contributed by atoms with van der Waals surface area (Å²) in [5.41, 5.74) is -1.88. The third-order valence-electron chi connectivity index (χ3n) is 6.50. The second-order valence-corrected chi connectivity index (χ2v) is 9.03. The van der Waals surface area contributed by atoms with Crippen LogP contribution in [0.5, 0.6) is 34.5 Å². The van der Waals surface area contributed by atoms with E-state index in [4.69, 9.17) is 8.83 Å². The summed E-state index contributed by atoms with van der Waals surface area (Å²) in [4.78, 5) is 26.1. The van der Waals surface area contributed by atoms with Crippen molar-refractivity contribution in [2.45, 2.75) is 0 Å². The van der Waals surface area contributed by atoms with Crippen LogP contribution in [0.3, 0.4) is 0 Å². The van der Waals surface area contributed by atoms with Crippen LogP contribution in [-0.4, -0.2) is 30.6 Å². The molecule has 0 saturated carbocycles. The maximum Gasteiger partial charge on any atom is 0.197 e. The highest BCUT2D eigenvalue weighted by molar-refractivity contribution is 6.02. The van der Waals surface area contributed by atoms with Crippen molar-refractivity contribution in [2.24, 2.45) is 0 Å². The molecule has 0 aliphatic rings. The predicted molar refractivity (Wildman–Crippen MR) is 145 cm³/mol. The second-order valence-electron chi connectivity index (χ2n) is 9.03. The number of benzene rings is 4. The van der Waals surface area contributed by atoms with Crippen LogP contribution in [0.25, 0.3) is 55.7 Å². The lowest BCUT2D eigenvalue weighted by Gasteiger charge is -2.15. The molecule has 0 unspecified atom stereocenters. The normalized spacial score (nSPS) is 11.3. The zero-order chi connectivity index (χ0) is 28.3. The molecule has 40 heavy (non-hydrogen) atoms. The third-order valence-corrected chi connectivity index (χ3v) is 6.50. The topological polar surface area (TPSA) is 182 Å². The molecule has 0 bridgehead atoms. The van der Waals surface area contributed by atoms with Crippen LogP contribution in [0.4, 0.5) is 0 Å². The van der Waals surface area contributed by atoms with E-state index < -0.39 is 45.0 Å². The highest BCUT2D eigenvalue weighted by atomic mass is 16.3. The van der Waals surface area contributed by atoms with E-state index >= 15 is 0 Å². The van der Waals surface area contributed by atoms with Crippen molar-refractivity contribution in [3.05, 3.63) is 93.2 Å². The van der Waals surface area contributed by atoms with Crippen molar-refractivity contribution in [1.29, 1.82) is 0 Å². The van der Waals surface area contributed by atoms with E-state index in [1.807, 2.05) is 0 Å². The molecule has 2 heterocycles. The average Bonchev–Trinajstić information content (AvgIpc) is 2.90. The Kier molecular flexibility index (Phi) is 5.40. The zero-order valence-corrected chi connectivity index (χ0v) is 20.2. The van der Waals surface area contributed by atoms with Gasteiger partial charge in [-0.1, -0.05) is 0 Å². The lowest BCUT2D eigenvalue weighted by molar-refractivity contribution is 0.441.